The normalized spacial score (nSPS) is 17.7. The minimum Gasteiger partial charge on any atom is -0.200 e. The molecule has 0 saturated heterocycles. The van der Waals surface area contributed by atoms with E-state index in [0.717, 1.165) is 5.56 Å². The average molecular weight is 462 g/mol. The van der Waals surface area contributed by atoms with E-state index < -0.39 is 10.0 Å². The van der Waals surface area contributed by atoms with Gasteiger partial charge in [0.2, 0.25) is 0 Å². The number of sulfonamides is 1. The Hall–Kier alpha value is -1.08. The van der Waals surface area contributed by atoms with E-state index >= 15 is 0 Å². The summed E-state index contributed by atoms with van der Waals surface area (Å²) < 4.78 is 27.1. The summed E-state index contributed by atoms with van der Waals surface area (Å²) in [6.45, 7) is 1.91. The zero-order valence-electron chi connectivity index (χ0n) is 13.3. The van der Waals surface area contributed by atoms with Gasteiger partial charge in [0.25, 0.3) is 10.0 Å². The predicted molar refractivity (Wildman–Crippen MR) is 105 cm³/mol. The van der Waals surface area contributed by atoms with Gasteiger partial charge in [0.15, 0.2) is 0 Å². The highest BCUT2D eigenvalue weighted by molar-refractivity contribution is 9.09. The van der Waals surface area contributed by atoms with Gasteiger partial charge in [0.05, 0.1) is 21.7 Å². The quantitative estimate of drug-likeness (QED) is 0.610. The Morgan fingerprint density at radius 2 is 1.88 bits per heavy atom. The zero-order chi connectivity index (χ0) is 18.2. The molecule has 0 N–H and O–H groups in total. The van der Waals surface area contributed by atoms with E-state index in [0.29, 0.717) is 33.1 Å². The molecule has 0 spiro atoms. The maximum absolute atomic E-state index is 13.0. The SMILES string of the molecule is Cc1ccc(S(=O)(=O)N2N=C(c3ccc(Cl)cc3Cl)CC2CBr)cc1. The number of hydrogen-bond donors (Lipinski definition) is 0. The van der Waals surface area contributed by atoms with Crippen LogP contribution in [0.25, 0.3) is 0 Å². The minimum absolute atomic E-state index is 0.219. The molecule has 0 saturated carbocycles. The molecule has 0 aliphatic carbocycles. The Morgan fingerprint density at radius 3 is 2.48 bits per heavy atom. The minimum atomic E-state index is -3.73. The second-order valence-electron chi connectivity index (χ2n) is 5.77. The molecule has 2 aromatic carbocycles. The van der Waals surface area contributed by atoms with Crippen molar-refractivity contribution < 1.29 is 8.42 Å². The van der Waals surface area contributed by atoms with Crippen molar-refractivity contribution in [3.8, 4) is 0 Å². The monoisotopic (exact) mass is 460 g/mol. The van der Waals surface area contributed by atoms with Crippen molar-refractivity contribution >= 4 is 54.9 Å². The molecule has 0 bridgehead atoms. The second kappa shape index (κ2) is 7.27. The highest BCUT2D eigenvalue weighted by atomic mass is 79.9. The van der Waals surface area contributed by atoms with Gasteiger partial charge < -0.3 is 0 Å². The summed E-state index contributed by atoms with van der Waals surface area (Å²) in [6, 6.07) is 11.5. The summed E-state index contributed by atoms with van der Waals surface area (Å²) in [5.41, 5.74) is 2.31. The fourth-order valence-corrected chi connectivity index (χ4v) is 5.27. The first kappa shape index (κ1) is 18.7. The number of rotatable bonds is 4. The van der Waals surface area contributed by atoms with E-state index in [1.54, 1.807) is 42.5 Å². The molecule has 25 heavy (non-hydrogen) atoms. The smallest absolute Gasteiger partial charge is 0.200 e. The lowest BCUT2D eigenvalue weighted by molar-refractivity contribution is 0.389. The summed E-state index contributed by atoms with van der Waals surface area (Å²) in [7, 11) is -3.73. The van der Waals surface area contributed by atoms with Crippen molar-refractivity contribution in [2.75, 3.05) is 5.33 Å². The molecule has 3 rings (SSSR count). The van der Waals surface area contributed by atoms with Crippen LogP contribution in [0.5, 0.6) is 0 Å². The molecule has 1 unspecified atom stereocenters. The molecular formula is C17H15BrCl2N2O2S. The third kappa shape index (κ3) is 3.72. The third-order valence-electron chi connectivity index (χ3n) is 3.95. The highest BCUT2D eigenvalue weighted by Crippen LogP contribution is 2.31. The van der Waals surface area contributed by atoms with Crippen molar-refractivity contribution in [1.82, 2.24) is 4.41 Å². The Kier molecular flexibility index (Phi) is 5.44. The third-order valence-corrected chi connectivity index (χ3v) is 6.98. The molecule has 132 valence electrons. The lowest BCUT2D eigenvalue weighted by Crippen LogP contribution is -2.33. The molecule has 2 aromatic rings. The van der Waals surface area contributed by atoms with Gasteiger partial charge in [-0.05, 0) is 31.2 Å². The molecule has 1 heterocycles. The van der Waals surface area contributed by atoms with Crippen molar-refractivity contribution in [2.45, 2.75) is 24.3 Å². The molecule has 0 amide bonds. The maximum atomic E-state index is 13.0. The number of nitrogens with zero attached hydrogens (tertiary/aromatic N) is 2. The van der Waals surface area contributed by atoms with Crippen molar-refractivity contribution in [1.29, 1.82) is 0 Å². The largest absolute Gasteiger partial charge is 0.279 e. The molecule has 8 heteroatoms. The van der Waals surface area contributed by atoms with E-state index in [1.165, 1.54) is 4.41 Å². The Bertz CT molecular complexity index is 930. The van der Waals surface area contributed by atoms with Crippen LogP contribution < -0.4 is 0 Å². The summed E-state index contributed by atoms with van der Waals surface area (Å²) in [4.78, 5) is 0.219. The van der Waals surface area contributed by atoms with Crippen LogP contribution in [-0.2, 0) is 10.0 Å². The van der Waals surface area contributed by atoms with E-state index in [2.05, 4.69) is 21.0 Å². The number of alkyl halides is 1. The standard InChI is InChI=1S/C17H15BrCl2N2O2S/c1-11-2-5-14(6-3-11)25(23,24)22-13(10-18)9-17(21-22)15-7-4-12(19)8-16(15)20/h2-8,13H,9-10H2,1H3. The van der Waals surface area contributed by atoms with Crippen LogP contribution in [0.3, 0.4) is 0 Å². The molecule has 1 atom stereocenters. The Labute approximate surface area is 165 Å². The van der Waals surface area contributed by atoms with E-state index in [4.69, 9.17) is 23.2 Å². The number of benzene rings is 2. The first-order chi connectivity index (χ1) is 11.8. The second-order valence-corrected chi connectivity index (χ2v) is 9.06. The van der Waals surface area contributed by atoms with Gasteiger partial charge in [-0.15, -0.1) is 0 Å². The van der Waals surface area contributed by atoms with Gasteiger partial charge in [-0.2, -0.15) is 17.9 Å². The molecule has 1 aliphatic rings. The van der Waals surface area contributed by atoms with E-state index in [-0.39, 0.29) is 10.9 Å². The van der Waals surface area contributed by atoms with E-state index in [1.807, 2.05) is 6.92 Å². The highest BCUT2D eigenvalue weighted by Gasteiger charge is 2.36. The lowest BCUT2D eigenvalue weighted by Gasteiger charge is -2.21. The Balaban J connectivity index is 2.02. The lowest BCUT2D eigenvalue weighted by atomic mass is 10.1. The van der Waals surface area contributed by atoms with Crippen LogP contribution in [0, 0.1) is 6.92 Å². The maximum Gasteiger partial charge on any atom is 0.279 e. The van der Waals surface area contributed by atoms with Gasteiger partial charge in [-0.25, -0.2) is 0 Å². The van der Waals surface area contributed by atoms with Gasteiger partial charge in [0, 0.05) is 22.3 Å². The summed E-state index contributed by atoms with van der Waals surface area (Å²) in [5, 5.41) is 5.82. The van der Waals surface area contributed by atoms with Crippen LogP contribution in [-0.4, -0.2) is 29.9 Å². The van der Waals surface area contributed by atoms with Gasteiger partial charge in [-0.1, -0.05) is 62.9 Å². The molecule has 0 aromatic heterocycles. The number of hydrogen-bond acceptors (Lipinski definition) is 3. The van der Waals surface area contributed by atoms with Crippen LogP contribution in [0.4, 0.5) is 0 Å². The van der Waals surface area contributed by atoms with Crippen LogP contribution >= 0.6 is 39.1 Å². The zero-order valence-corrected chi connectivity index (χ0v) is 17.2. The van der Waals surface area contributed by atoms with Gasteiger partial charge >= 0.3 is 0 Å². The van der Waals surface area contributed by atoms with Crippen LogP contribution in [0.1, 0.15) is 17.5 Å². The van der Waals surface area contributed by atoms with Gasteiger partial charge in [-0.3, -0.25) is 0 Å². The summed E-state index contributed by atoms with van der Waals surface area (Å²) >= 11 is 15.6. The average Bonchev–Trinajstić information content (AvgIpc) is 3.00. The number of aryl methyl sites for hydroxylation is 1. The van der Waals surface area contributed by atoms with Crippen molar-refractivity contribution in [3.63, 3.8) is 0 Å². The molecule has 4 nitrogen and oxygen atoms in total. The first-order valence-corrected chi connectivity index (χ1v) is 10.8. The fourth-order valence-electron chi connectivity index (χ4n) is 2.61. The first-order valence-electron chi connectivity index (χ1n) is 7.53. The topological polar surface area (TPSA) is 49.7 Å². The van der Waals surface area contributed by atoms with Crippen molar-refractivity contribution in [3.05, 3.63) is 63.6 Å². The predicted octanol–water partition coefficient (Wildman–Crippen LogP) is 4.86. The number of halogens is 3. The summed E-state index contributed by atoms with van der Waals surface area (Å²) in [5.74, 6) is 0. The van der Waals surface area contributed by atoms with Crippen molar-refractivity contribution in [2.24, 2.45) is 5.10 Å². The number of hydrazone groups is 1. The van der Waals surface area contributed by atoms with Crippen LogP contribution in [0.15, 0.2) is 52.5 Å². The molecule has 0 radical (unpaired) electrons. The molecule has 1 aliphatic heterocycles. The van der Waals surface area contributed by atoms with Gasteiger partial charge in [0.1, 0.15) is 0 Å². The summed E-state index contributed by atoms with van der Waals surface area (Å²) in [6.07, 6.45) is 0.470. The van der Waals surface area contributed by atoms with Crippen LogP contribution in [0.2, 0.25) is 10.0 Å². The van der Waals surface area contributed by atoms with E-state index in [9.17, 15) is 8.42 Å². The molecular weight excluding hydrogens is 447 g/mol. The molecule has 0 fully saturated rings. The fraction of sp³-hybridized carbons (Fsp3) is 0.235. The Morgan fingerprint density at radius 1 is 1.20 bits per heavy atom.